The molecule has 1 N–H and O–H groups in total. The number of aryl methyl sites for hydroxylation is 2. The van der Waals surface area contributed by atoms with Crippen LogP contribution in [0.25, 0.3) is 11.2 Å². The highest BCUT2D eigenvalue weighted by atomic mass is 35.5. The largest absolute Gasteiger partial charge is 0.497 e. The lowest BCUT2D eigenvalue weighted by Gasteiger charge is -2.10. The molecule has 0 fully saturated rings. The van der Waals surface area contributed by atoms with Gasteiger partial charge in [-0.1, -0.05) is 35.4 Å². The van der Waals surface area contributed by atoms with Gasteiger partial charge in [0.2, 0.25) is 0 Å². The van der Waals surface area contributed by atoms with Crippen LogP contribution in [-0.4, -0.2) is 36.0 Å². The predicted molar refractivity (Wildman–Crippen MR) is 125 cm³/mol. The molecule has 2 heterocycles. The molecule has 2 aromatic heterocycles. The molecular weight excluding hydrogens is 464 g/mol. The smallest absolute Gasteiger partial charge is 0.283 e. The van der Waals surface area contributed by atoms with Crippen molar-refractivity contribution in [3.8, 4) is 5.75 Å². The Hall–Kier alpha value is -3.43. The number of hydrogen-bond donors (Lipinski definition) is 1. The van der Waals surface area contributed by atoms with Gasteiger partial charge in [0.05, 0.1) is 18.6 Å². The quantitative estimate of drug-likeness (QED) is 0.445. The van der Waals surface area contributed by atoms with Crippen LogP contribution in [0.3, 0.4) is 0 Å². The minimum absolute atomic E-state index is 0.00226. The van der Waals surface area contributed by atoms with Crippen LogP contribution in [-0.2, 0) is 16.6 Å². The minimum Gasteiger partial charge on any atom is -0.497 e. The second-order valence-corrected chi connectivity index (χ2v) is 9.58. The van der Waals surface area contributed by atoms with E-state index in [0.29, 0.717) is 34.3 Å². The number of benzene rings is 2. The lowest BCUT2D eigenvalue weighted by Crippen LogP contribution is -2.31. The highest BCUT2D eigenvalue weighted by Crippen LogP contribution is 2.25. The van der Waals surface area contributed by atoms with Crippen LogP contribution in [0.1, 0.15) is 27.4 Å². The Labute approximate surface area is 196 Å². The van der Waals surface area contributed by atoms with Crippen LogP contribution in [0, 0.1) is 13.8 Å². The van der Waals surface area contributed by atoms with Gasteiger partial charge in [0.25, 0.3) is 15.9 Å². The first-order chi connectivity index (χ1) is 15.7. The Kier molecular flexibility index (Phi) is 6.09. The zero-order valence-corrected chi connectivity index (χ0v) is 19.7. The third-order valence-electron chi connectivity index (χ3n) is 5.16. The molecule has 170 valence electrons. The number of carbonyl (C=O) groups excluding carboxylic acids is 1. The van der Waals surface area contributed by atoms with Crippen LogP contribution in [0.5, 0.6) is 5.75 Å². The molecule has 0 radical (unpaired) electrons. The molecule has 0 aliphatic heterocycles. The first-order valence-electron chi connectivity index (χ1n) is 9.98. The van der Waals surface area contributed by atoms with Gasteiger partial charge in [-0.2, -0.15) is 0 Å². The number of sulfonamides is 1. The number of nitrogens with one attached hydrogen (secondary N) is 1. The second kappa shape index (κ2) is 8.84. The molecule has 0 aliphatic carbocycles. The van der Waals surface area contributed by atoms with Crippen LogP contribution in [0.15, 0.2) is 59.5 Å². The number of fused-ring (bicyclic) bond motifs is 1. The molecule has 0 unspecified atom stereocenters. The Morgan fingerprint density at radius 3 is 2.45 bits per heavy atom. The zero-order chi connectivity index (χ0) is 23.8. The number of ether oxygens (including phenoxy) is 1. The summed E-state index contributed by atoms with van der Waals surface area (Å²) >= 11 is 6.39. The van der Waals surface area contributed by atoms with Crippen molar-refractivity contribution in [2.45, 2.75) is 25.3 Å². The van der Waals surface area contributed by atoms with Crippen molar-refractivity contribution in [2.75, 3.05) is 7.11 Å². The lowest BCUT2D eigenvalue weighted by molar-refractivity contribution is 0.0977. The number of hydrogen-bond acceptors (Lipinski definition) is 6. The van der Waals surface area contributed by atoms with E-state index in [2.05, 4.69) is 14.7 Å². The van der Waals surface area contributed by atoms with Crippen molar-refractivity contribution in [1.29, 1.82) is 0 Å². The molecule has 0 spiro atoms. The number of amides is 1. The average Bonchev–Trinajstić information content (AvgIpc) is 3.09. The molecule has 0 bridgehead atoms. The Morgan fingerprint density at radius 1 is 1.06 bits per heavy atom. The van der Waals surface area contributed by atoms with E-state index in [1.807, 2.05) is 24.5 Å². The van der Waals surface area contributed by atoms with Gasteiger partial charge in [0, 0.05) is 5.02 Å². The van der Waals surface area contributed by atoms with Crippen molar-refractivity contribution in [3.05, 3.63) is 82.3 Å². The number of methoxy groups -OCH3 is 1. The van der Waals surface area contributed by atoms with Crippen LogP contribution in [0.2, 0.25) is 5.02 Å². The monoisotopic (exact) mass is 484 g/mol. The van der Waals surface area contributed by atoms with E-state index < -0.39 is 15.9 Å². The van der Waals surface area contributed by atoms with Gasteiger partial charge in [-0.15, -0.1) is 0 Å². The molecule has 1 amide bonds. The Bertz CT molecular complexity index is 1460. The average molecular weight is 485 g/mol. The van der Waals surface area contributed by atoms with E-state index in [1.54, 1.807) is 37.4 Å². The molecule has 0 saturated heterocycles. The number of rotatable bonds is 6. The number of imidazole rings is 1. The lowest BCUT2D eigenvalue weighted by atomic mass is 10.2. The van der Waals surface area contributed by atoms with Gasteiger partial charge < -0.3 is 9.30 Å². The summed E-state index contributed by atoms with van der Waals surface area (Å²) in [4.78, 5) is 21.6. The highest BCUT2D eigenvalue weighted by molar-refractivity contribution is 7.90. The number of halogens is 1. The molecule has 4 rings (SSSR count). The SMILES string of the molecule is COc1ccc(Cn2c(C)nc3ccc(C(=O)NS(=O)(=O)c4ccc(C)cc4)nc32)c(Cl)c1. The first-order valence-corrected chi connectivity index (χ1v) is 11.8. The fourth-order valence-corrected chi connectivity index (χ4v) is 4.53. The Balaban J connectivity index is 1.65. The summed E-state index contributed by atoms with van der Waals surface area (Å²) in [6.45, 7) is 4.03. The molecular formula is C23H21ClN4O4S. The molecule has 0 atom stereocenters. The van der Waals surface area contributed by atoms with Gasteiger partial charge in [-0.05, 0) is 55.8 Å². The van der Waals surface area contributed by atoms with E-state index in [1.165, 1.54) is 18.2 Å². The number of aromatic nitrogens is 3. The maximum absolute atomic E-state index is 12.7. The molecule has 8 nitrogen and oxygen atoms in total. The van der Waals surface area contributed by atoms with Crippen LogP contribution in [0.4, 0.5) is 0 Å². The van der Waals surface area contributed by atoms with Crippen molar-refractivity contribution < 1.29 is 17.9 Å². The standard InChI is InChI=1S/C23H21ClN4O4S/c1-14-4-8-18(9-5-14)33(30,31)27-23(29)21-11-10-20-22(26-21)28(15(2)25-20)13-16-6-7-17(32-3)12-19(16)24/h4-12H,13H2,1-3H3,(H,27,29). The van der Waals surface area contributed by atoms with Gasteiger partial charge in [0.1, 0.15) is 22.8 Å². The summed E-state index contributed by atoms with van der Waals surface area (Å²) in [6.07, 6.45) is 0. The minimum atomic E-state index is -4.03. The fraction of sp³-hybridized carbons (Fsp3) is 0.174. The number of carbonyl (C=O) groups is 1. The van der Waals surface area contributed by atoms with E-state index in [9.17, 15) is 13.2 Å². The fourth-order valence-electron chi connectivity index (χ4n) is 3.33. The maximum atomic E-state index is 12.7. The summed E-state index contributed by atoms with van der Waals surface area (Å²) in [6, 6.07) is 14.7. The van der Waals surface area contributed by atoms with Crippen molar-refractivity contribution in [3.63, 3.8) is 0 Å². The second-order valence-electron chi connectivity index (χ2n) is 7.49. The van der Waals surface area contributed by atoms with E-state index in [-0.39, 0.29) is 10.6 Å². The summed E-state index contributed by atoms with van der Waals surface area (Å²) in [5.41, 5.74) is 2.71. The van der Waals surface area contributed by atoms with Crippen molar-refractivity contribution in [1.82, 2.24) is 19.3 Å². The first kappa shape index (κ1) is 22.8. The van der Waals surface area contributed by atoms with E-state index >= 15 is 0 Å². The third-order valence-corrected chi connectivity index (χ3v) is 6.86. The molecule has 2 aromatic carbocycles. The summed E-state index contributed by atoms with van der Waals surface area (Å²) in [5, 5.41) is 0.522. The molecule has 10 heteroatoms. The van der Waals surface area contributed by atoms with Gasteiger partial charge in [-0.25, -0.2) is 23.1 Å². The molecule has 4 aromatic rings. The highest BCUT2D eigenvalue weighted by Gasteiger charge is 2.21. The van der Waals surface area contributed by atoms with Crippen LogP contribution < -0.4 is 9.46 Å². The van der Waals surface area contributed by atoms with Gasteiger partial charge in [0.15, 0.2) is 5.65 Å². The maximum Gasteiger partial charge on any atom is 0.283 e. The normalized spacial score (nSPS) is 11.5. The van der Waals surface area contributed by atoms with E-state index in [4.69, 9.17) is 16.3 Å². The predicted octanol–water partition coefficient (Wildman–Crippen LogP) is 3.88. The number of pyridine rings is 1. The molecule has 0 aliphatic rings. The topological polar surface area (TPSA) is 103 Å². The molecule has 33 heavy (non-hydrogen) atoms. The van der Waals surface area contributed by atoms with Gasteiger partial charge in [-0.3, -0.25) is 4.79 Å². The van der Waals surface area contributed by atoms with Gasteiger partial charge >= 0.3 is 0 Å². The summed E-state index contributed by atoms with van der Waals surface area (Å²) < 4.78 is 34.3. The number of nitrogens with zero attached hydrogens (tertiary/aromatic N) is 3. The van der Waals surface area contributed by atoms with Crippen LogP contribution >= 0.6 is 11.6 Å². The summed E-state index contributed by atoms with van der Waals surface area (Å²) in [5.74, 6) is 0.488. The third kappa shape index (κ3) is 4.69. The van der Waals surface area contributed by atoms with E-state index in [0.717, 1.165) is 11.1 Å². The Morgan fingerprint density at radius 2 is 1.79 bits per heavy atom. The van der Waals surface area contributed by atoms with Crippen molar-refractivity contribution >= 4 is 38.7 Å². The zero-order valence-electron chi connectivity index (χ0n) is 18.2. The summed E-state index contributed by atoms with van der Waals surface area (Å²) in [7, 11) is -2.47. The molecule has 0 saturated carbocycles. The van der Waals surface area contributed by atoms with Crippen molar-refractivity contribution in [2.24, 2.45) is 0 Å².